The number of aliphatic hydroxyl groups is 1. The van der Waals surface area contributed by atoms with Crippen LogP contribution in [0.1, 0.15) is 63.4 Å². The van der Waals surface area contributed by atoms with Crippen molar-refractivity contribution in [2.24, 2.45) is 0 Å². The second-order valence-electron chi connectivity index (χ2n) is 7.53. The molecule has 1 aromatic rings. The molecule has 1 aliphatic heterocycles. The molecule has 2 unspecified atom stereocenters. The molecule has 0 radical (unpaired) electrons. The largest absolute Gasteiger partial charge is 0.393 e. The molecule has 0 spiro atoms. The third-order valence-corrected chi connectivity index (χ3v) is 6.04. The fourth-order valence-corrected chi connectivity index (χ4v) is 4.99. The highest BCUT2D eigenvalue weighted by Gasteiger charge is 2.33. The van der Waals surface area contributed by atoms with E-state index in [4.69, 9.17) is 4.98 Å². The Labute approximate surface area is 142 Å². The van der Waals surface area contributed by atoms with Crippen LogP contribution in [-0.2, 0) is 11.8 Å². The van der Waals surface area contributed by atoms with E-state index in [1.165, 1.54) is 11.3 Å². The first-order valence-corrected chi connectivity index (χ1v) is 9.44. The predicted molar refractivity (Wildman–Crippen MR) is 93.1 cm³/mol. The van der Waals surface area contributed by atoms with Gasteiger partial charge in [-0.25, -0.2) is 9.78 Å². The third kappa shape index (κ3) is 3.53. The van der Waals surface area contributed by atoms with E-state index >= 15 is 0 Å². The Hall–Kier alpha value is -1.14. The van der Waals surface area contributed by atoms with Crippen molar-refractivity contribution in [2.45, 2.75) is 76.9 Å². The van der Waals surface area contributed by atoms with Crippen molar-refractivity contribution in [3.05, 3.63) is 10.6 Å². The molecule has 2 heterocycles. The summed E-state index contributed by atoms with van der Waals surface area (Å²) in [6.07, 6.45) is 5.67. The van der Waals surface area contributed by atoms with Gasteiger partial charge in [-0.1, -0.05) is 13.8 Å². The van der Waals surface area contributed by atoms with Gasteiger partial charge in [-0.2, -0.15) is 0 Å². The van der Waals surface area contributed by atoms with Crippen molar-refractivity contribution >= 4 is 22.5 Å². The fraction of sp³-hybridized carbons (Fsp3) is 0.765. The minimum Gasteiger partial charge on any atom is -0.393 e. The lowest BCUT2D eigenvalue weighted by atomic mass is 9.79. The maximum atomic E-state index is 12.6. The van der Waals surface area contributed by atoms with Gasteiger partial charge >= 0.3 is 6.03 Å². The number of nitrogens with one attached hydrogen (secondary N) is 1. The molecule has 3 rings (SSSR count). The van der Waals surface area contributed by atoms with Crippen LogP contribution >= 0.6 is 11.3 Å². The van der Waals surface area contributed by atoms with Gasteiger partial charge < -0.3 is 10.0 Å². The van der Waals surface area contributed by atoms with E-state index in [9.17, 15) is 9.90 Å². The number of rotatable bonds is 3. The Morgan fingerprint density at radius 1 is 1.52 bits per heavy atom. The average molecular weight is 337 g/mol. The summed E-state index contributed by atoms with van der Waals surface area (Å²) < 4.78 is 0. The molecular weight excluding hydrogens is 310 g/mol. The van der Waals surface area contributed by atoms with Gasteiger partial charge in [0.25, 0.3) is 0 Å². The Morgan fingerprint density at radius 2 is 2.30 bits per heavy atom. The van der Waals surface area contributed by atoms with Crippen molar-refractivity contribution in [2.75, 3.05) is 11.9 Å². The second-order valence-corrected chi connectivity index (χ2v) is 8.62. The molecule has 1 aliphatic carbocycles. The molecule has 2 N–H and O–H groups in total. The van der Waals surface area contributed by atoms with Crippen molar-refractivity contribution in [1.29, 1.82) is 0 Å². The zero-order valence-electron chi connectivity index (χ0n) is 14.3. The predicted octanol–water partition coefficient (Wildman–Crippen LogP) is 3.52. The summed E-state index contributed by atoms with van der Waals surface area (Å²) in [6, 6.07) is 0.0677. The number of hydrogen-bond acceptors (Lipinski definition) is 4. The van der Waals surface area contributed by atoms with E-state index in [1.54, 1.807) is 18.3 Å². The summed E-state index contributed by atoms with van der Waals surface area (Å²) in [7, 11) is 0. The molecule has 2 aliphatic rings. The first kappa shape index (κ1) is 16.7. The molecule has 6 heteroatoms. The van der Waals surface area contributed by atoms with Gasteiger partial charge in [-0.05, 0) is 45.4 Å². The van der Waals surface area contributed by atoms with Gasteiger partial charge in [0.2, 0.25) is 0 Å². The minimum absolute atomic E-state index is 0.0722. The lowest BCUT2D eigenvalue weighted by Gasteiger charge is -2.28. The number of aryl methyl sites for hydroxylation is 1. The molecule has 1 aromatic heterocycles. The number of carbonyl (C=O) groups is 1. The molecular formula is C17H27N3O2S. The van der Waals surface area contributed by atoms with Gasteiger partial charge in [-0.3, -0.25) is 5.32 Å². The molecule has 5 nitrogen and oxygen atoms in total. The third-order valence-electron chi connectivity index (χ3n) is 5.01. The summed E-state index contributed by atoms with van der Waals surface area (Å²) in [6.45, 7) is 7.01. The molecule has 23 heavy (non-hydrogen) atoms. The minimum atomic E-state index is -0.374. The molecule has 2 atom stereocenters. The summed E-state index contributed by atoms with van der Waals surface area (Å²) in [5.74, 6) is 0. The highest BCUT2D eigenvalue weighted by molar-refractivity contribution is 7.15. The number of aliphatic hydroxyl groups excluding tert-OH is 1. The van der Waals surface area contributed by atoms with E-state index in [2.05, 4.69) is 19.2 Å². The Bertz CT molecular complexity index is 582. The number of aromatic nitrogens is 1. The van der Waals surface area contributed by atoms with Crippen LogP contribution in [0.3, 0.4) is 0 Å². The number of fused-ring (bicyclic) bond motifs is 1. The first-order chi connectivity index (χ1) is 10.9. The van der Waals surface area contributed by atoms with E-state index in [-0.39, 0.29) is 23.6 Å². The quantitative estimate of drug-likeness (QED) is 0.887. The number of carbonyl (C=O) groups excluding carboxylic acids is 1. The first-order valence-electron chi connectivity index (χ1n) is 8.63. The average Bonchev–Trinajstić information content (AvgIpc) is 3.05. The lowest BCUT2D eigenvalue weighted by molar-refractivity contribution is 0.142. The number of amides is 2. The maximum Gasteiger partial charge on any atom is 0.323 e. The number of urea groups is 1. The van der Waals surface area contributed by atoms with Crippen LogP contribution < -0.4 is 5.32 Å². The molecule has 2 amide bonds. The van der Waals surface area contributed by atoms with Crippen LogP contribution in [0.2, 0.25) is 0 Å². The Morgan fingerprint density at radius 3 is 3.00 bits per heavy atom. The summed E-state index contributed by atoms with van der Waals surface area (Å²) in [5, 5.41) is 13.3. The topological polar surface area (TPSA) is 65.5 Å². The lowest BCUT2D eigenvalue weighted by Crippen LogP contribution is -2.40. The molecule has 0 saturated carbocycles. The van der Waals surface area contributed by atoms with E-state index in [1.807, 2.05) is 4.90 Å². The van der Waals surface area contributed by atoms with E-state index < -0.39 is 0 Å². The van der Waals surface area contributed by atoms with Crippen LogP contribution in [0, 0.1) is 0 Å². The van der Waals surface area contributed by atoms with Gasteiger partial charge in [0.05, 0.1) is 11.8 Å². The van der Waals surface area contributed by atoms with Gasteiger partial charge in [-0.15, -0.1) is 11.3 Å². The molecule has 0 aromatic carbocycles. The number of thiazole rings is 1. The number of likely N-dealkylation sites (tertiary alicyclic amines) is 1. The zero-order valence-corrected chi connectivity index (χ0v) is 15.1. The SMILES string of the molecule is CC(O)CC1CCCN1C(=O)Nc1nc2c(s1)CCCC2(C)C. The number of anilines is 1. The summed E-state index contributed by atoms with van der Waals surface area (Å²) in [5.41, 5.74) is 1.27. The van der Waals surface area contributed by atoms with Crippen LogP contribution in [0.15, 0.2) is 0 Å². The highest BCUT2D eigenvalue weighted by atomic mass is 32.1. The van der Waals surface area contributed by atoms with Crippen molar-refractivity contribution in [3.63, 3.8) is 0 Å². The fourth-order valence-electron chi connectivity index (χ4n) is 3.82. The Balaban J connectivity index is 1.70. The Kier molecular flexibility index (Phi) is 4.65. The number of nitrogens with zero attached hydrogens (tertiary/aromatic N) is 2. The van der Waals surface area contributed by atoms with Crippen LogP contribution in [0.25, 0.3) is 0 Å². The summed E-state index contributed by atoms with van der Waals surface area (Å²) in [4.78, 5) is 20.5. The standard InChI is InChI=1S/C17H27N3O2S/c1-11(21)10-12-6-5-9-20(12)16(22)19-15-18-14-13(23-15)7-4-8-17(14,2)3/h11-12,21H,4-10H2,1-3H3,(H,18,19,22). The zero-order chi connectivity index (χ0) is 16.6. The summed E-state index contributed by atoms with van der Waals surface area (Å²) >= 11 is 1.62. The second kappa shape index (κ2) is 6.40. The normalized spacial score (nSPS) is 24.3. The molecule has 1 saturated heterocycles. The molecule has 128 valence electrons. The van der Waals surface area contributed by atoms with Crippen molar-refractivity contribution in [1.82, 2.24) is 9.88 Å². The molecule has 1 fully saturated rings. The smallest absolute Gasteiger partial charge is 0.323 e. The number of hydrogen-bond donors (Lipinski definition) is 2. The highest BCUT2D eigenvalue weighted by Crippen LogP contribution is 2.40. The van der Waals surface area contributed by atoms with Crippen molar-refractivity contribution in [3.8, 4) is 0 Å². The molecule has 0 bridgehead atoms. The van der Waals surface area contributed by atoms with Gasteiger partial charge in [0.1, 0.15) is 0 Å². The van der Waals surface area contributed by atoms with E-state index in [0.717, 1.165) is 43.1 Å². The van der Waals surface area contributed by atoms with Crippen LogP contribution in [-0.4, -0.2) is 39.7 Å². The van der Waals surface area contributed by atoms with Gasteiger partial charge in [0.15, 0.2) is 5.13 Å². The van der Waals surface area contributed by atoms with E-state index in [0.29, 0.717) is 6.42 Å². The maximum absolute atomic E-state index is 12.6. The van der Waals surface area contributed by atoms with Gasteiger partial charge in [0, 0.05) is 22.9 Å². The van der Waals surface area contributed by atoms with Crippen molar-refractivity contribution < 1.29 is 9.90 Å². The monoisotopic (exact) mass is 337 g/mol. The van der Waals surface area contributed by atoms with Crippen LogP contribution in [0.5, 0.6) is 0 Å². The van der Waals surface area contributed by atoms with Crippen LogP contribution in [0.4, 0.5) is 9.93 Å².